The predicted octanol–water partition coefficient (Wildman–Crippen LogP) is 5.47. The third-order valence-electron chi connectivity index (χ3n) is 4.69. The van der Waals surface area contributed by atoms with Gasteiger partial charge < -0.3 is 9.53 Å². The Balaban J connectivity index is 3.35. The summed E-state index contributed by atoms with van der Waals surface area (Å²) in [6.07, 6.45) is 4.20. The van der Waals surface area contributed by atoms with Gasteiger partial charge in [0.2, 0.25) is 0 Å². The van der Waals surface area contributed by atoms with Crippen LogP contribution in [0.1, 0.15) is 64.2 Å². The molecule has 126 valence electrons. The first-order chi connectivity index (χ1) is 10.2. The lowest BCUT2D eigenvalue weighted by atomic mass is 9.98. The molecule has 0 aliphatic rings. The first-order valence-corrected chi connectivity index (χ1v) is 11.5. The van der Waals surface area contributed by atoms with Crippen LogP contribution in [0.3, 0.4) is 0 Å². The Bertz CT molecular complexity index is 460. The monoisotopic (exact) mass is 322 g/mol. The Kier molecular flexibility index (Phi) is 6.69. The highest BCUT2D eigenvalue weighted by atomic mass is 28.4. The minimum atomic E-state index is -1.86. The fourth-order valence-corrected chi connectivity index (χ4v) is 3.45. The molecule has 1 rings (SSSR count). The molecule has 0 saturated heterocycles. The fourth-order valence-electron chi connectivity index (χ4n) is 2.37. The summed E-state index contributed by atoms with van der Waals surface area (Å²) in [6.45, 7) is 15.9. The Morgan fingerprint density at radius 2 is 1.45 bits per heavy atom. The van der Waals surface area contributed by atoms with Crippen molar-refractivity contribution in [3.63, 3.8) is 0 Å². The van der Waals surface area contributed by atoms with Gasteiger partial charge in [0.25, 0.3) is 8.32 Å². The van der Waals surface area contributed by atoms with Crippen molar-refractivity contribution in [3.8, 4) is 5.75 Å². The van der Waals surface area contributed by atoms with Crippen LogP contribution in [-0.2, 0) is 19.4 Å². The minimum absolute atomic E-state index is 0.105. The third-order valence-corrected chi connectivity index (χ3v) is 9.01. The number of aliphatic hydroxyl groups excluding tert-OH is 1. The first kappa shape index (κ1) is 19.2. The highest BCUT2D eigenvalue weighted by Gasteiger charge is 2.39. The van der Waals surface area contributed by atoms with E-state index in [0.717, 1.165) is 37.0 Å². The second-order valence-corrected chi connectivity index (χ2v) is 12.5. The summed E-state index contributed by atoms with van der Waals surface area (Å²) in [6, 6.07) is 4.26. The molecule has 0 bridgehead atoms. The van der Waals surface area contributed by atoms with E-state index in [1.807, 2.05) is 0 Å². The highest BCUT2D eigenvalue weighted by Crippen LogP contribution is 2.40. The average molecular weight is 323 g/mol. The number of aliphatic hydroxyl groups is 1. The average Bonchev–Trinajstić information content (AvgIpc) is 2.41. The Hall–Kier alpha value is -0.803. The zero-order valence-electron chi connectivity index (χ0n) is 15.5. The number of hydrogen-bond acceptors (Lipinski definition) is 2. The number of rotatable bonds is 7. The van der Waals surface area contributed by atoms with Crippen LogP contribution in [0.4, 0.5) is 0 Å². The van der Waals surface area contributed by atoms with E-state index in [-0.39, 0.29) is 11.6 Å². The smallest absolute Gasteiger partial charge is 0.250 e. The van der Waals surface area contributed by atoms with Crippen molar-refractivity contribution in [1.29, 1.82) is 0 Å². The van der Waals surface area contributed by atoms with Crippen molar-refractivity contribution >= 4 is 8.32 Å². The van der Waals surface area contributed by atoms with Crippen molar-refractivity contribution in [3.05, 3.63) is 28.8 Å². The maximum Gasteiger partial charge on any atom is 0.250 e. The molecular formula is C19H34O2Si. The fraction of sp³-hybridized carbons (Fsp3) is 0.684. The van der Waals surface area contributed by atoms with E-state index in [1.165, 1.54) is 11.1 Å². The lowest BCUT2D eigenvalue weighted by Crippen LogP contribution is -2.44. The molecule has 0 saturated carbocycles. The van der Waals surface area contributed by atoms with E-state index >= 15 is 0 Å². The van der Waals surface area contributed by atoms with E-state index in [0.29, 0.717) is 0 Å². The Morgan fingerprint density at radius 3 is 1.77 bits per heavy atom. The van der Waals surface area contributed by atoms with E-state index in [4.69, 9.17) is 4.43 Å². The highest BCUT2D eigenvalue weighted by molar-refractivity contribution is 6.74. The lowest BCUT2D eigenvalue weighted by molar-refractivity contribution is 0.281. The molecule has 0 spiro atoms. The molecule has 0 radical (unpaired) electrons. The maximum atomic E-state index is 9.54. The van der Waals surface area contributed by atoms with Gasteiger partial charge in [0.15, 0.2) is 0 Å². The lowest BCUT2D eigenvalue weighted by Gasteiger charge is -2.38. The van der Waals surface area contributed by atoms with Crippen molar-refractivity contribution in [1.82, 2.24) is 0 Å². The molecule has 0 amide bonds. The number of hydrogen-bond donors (Lipinski definition) is 1. The van der Waals surface area contributed by atoms with E-state index < -0.39 is 8.32 Å². The van der Waals surface area contributed by atoms with Gasteiger partial charge in [0, 0.05) is 0 Å². The SMILES string of the molecule is CCCc1cc(CO)cc(CCC)c1O[Si](C)(C)C(C)(C)C. The molecule has 22 heavy (non-hydrogen) atoms. The summed E-state index contributed by atoms with van der Waals surface area (Å²) in [5, 5.41) is 9.73. The Labute approximate surface area is 138 Å². The van der Waals surface area contributed by atoms with Crippen LogP contribution >= 0.6 is 0 Å². The van der Waals surface area contributed by atoms with Gasteiger partial charge in [-0.2, -0.15) is 0 Å². The van der Waals surface area contributed by atoms with Crippen LogP contribution in [0.2, 0.25) is 18.1 Å². The molecule has 1 aromatic carbocycles. The van der Waals surface area contributed by atoms with Crippen molar-refractivity contribution in [2.24, 2.45) is 0 Å². The largest absolute Gasteiger partial charge is 0.543 e. The van der Waals surface area contributed by atoms with Gasteiger partial charge in [-0.05, 0) is 59.8 Å². The normalized spacial score (nSPS) is 12.5. The summed E-state index contributed by atoms with van der Waals surface area (Å²) in [4.78, 5) is 0. The Morgan fingerprint density at radius 1 is 1.00 bits per heavy atom. The number of aryl methyl sites for hydroxylation is 2. The molecule has 0 aliphatic heterocycles. The van der Waals surface area contributed by atoms with Gasteiger partial charge in [-0.3, -0.25) is 0 Å². The molecule has 1 N–H and O–H groups in total. The van der Waals surface area contributed by atoms with E-state index in [9.17, 15) is 5.11 Å². The first-order valence-electron chi connectivity index (χ1n) is 8.60. The molecule has 0 unspecified atom stereocenters. The molecule has 3 heteroatoms. The number of benzene rings is 1. The van der Waals surface area contributed by atoms with Crippen LogP contribution < -0.4 is 4.43 Å². The van der Waals surface area contributed by atoms with E-state index in [1.54, 1.807) is 0 Å². The van der Waals surface area contributed by atoms with Gasteiger partial charge in [0.05, 0.1) is 6.61 Å². The van der Waals surface area contributed by atoms with Crippen LogP contribution in [0.5, 0.6) is 5.75 Å². The maximum absolute atomic E-state index is 9.54. The van der Waals surface area contributed by atoms with Crippen LogP contribution in [-0.4, -0.2) is 13.4 Å². The van der Waals surface area contributed by atoms with Crippen molar-refractivity contribution in [2.75, 3.05) is 0 Å². The van der Waals surface area contributed by atoms with Gasteiger partial charge in [-0.15, -0.1) is 0 Å². The molecule has 2 nitrogen and oxygen atoms in total. The second kappa shape index (κ2) is 7.65. The molecular weight excluding hydrogens is 288 g/mol. The predicted molar refractivity (Wildman–Crippen MR) is 98.2 cm³/mol. The summed E-state index contributed by atoms with van der Waals surface area (Å²) < 4.78 is 6.69. The third kappa shape index (κ3) is 4.59. The minimum Gasteiger partial charge on any atom is -0.543 e. The van der Waals surface area contributed by atoms with Gasteiger partial charge in [-0.1, -0.05) is 47.5 Å². The summed E-state index contributed by atoms with van der Waals surface area (Å²) in [5.74, 6) is 1.10. The summed E-state index contributed by atoms with van der Waals surface area (Å²) >= 11 is 0. The standard InChI is InChI=1S/C19H34O2Si/c1-8-10-16-12-15(14-20)13-17(11-9-2)18(16)21-22(6,7)19(3,4)5/h12-13,20H,8-11,14H2,1-7H3. The summed E-state index contributed by atoms with van der Waals surface area (Å²) in [7, 11) is -1.86. The van der Waals surface area contributed by atoms with Crippen molar-refractivity contribution < 1.29 is 9.53 Å². The van der Waals surface area contributed by atoms with Gasteiger partial charge >= 0.3 is 0 Å². The molecule has 1 aromatic rings. The van der Waals surface area contributed by atoms with Gasteiger partial charge in [-0.25, -0.2) is 0 Å². The van der Waals surface area contributed by atoms with Crippen LogP contribution in [0.15, 0.2) is 12.1 Å². The quantitative estimate of drug-likeness (QED) is 0.675. The van der Waals surface area contributed by atoms with Crippen LogP contribution in [0.25, 0.3) is 0 Å². The zero-order chi connectivity index (χ0) is 17.0. The summed E-state index contributed by atoms with van der Waals surface area (Å²) in [5.41, 5.74) is 3.54. The molecule has 0 heterocycles. The molecule has 0 atom stereocenters. The molecule has 0 aliphatic carbocycles. The van der Waals surface area contributed by atoms with Crippen LogP contribution in [0, 0.1) is 0 Å². The topological polar surface area (TPSA) is 29.5 Å². The molecule has 0 fully saturated rings. The second-order valence-electron chi connectivity index (χ2n) is 7.76. The molecule has 0 aromatic heterocycles. The van der Waals surface area contributed by atoms with Gasteiger partial charge in [0.1, 0.15) is 5.75 Å². The zero-order valence-corrected chi connectivity index (χ0v) is 16.5. The van der Waals surface area contributed by atoms with Crippen molar-refractivity contribution in [2.45, 2.75) is 85.0 Å². The van der Waals surface area contributed by atoms with E-state index in [2.05, 4.69) is 59.8 Å².